The van der Waals surface area contributed by atoms with Crippen molar-refractivity contribution in [3.8, 4) is 0 Å². The molecule has 3 fully saturated rings. The summed E-state index contributed by atoms with van der Waals surface area (Å²) in [5.41, 5.74) is 8.88. The van der Waals surface area contributed by atoms with Crippen LogP contribution in [0.3, 0.4) is 0 Å². The highest BCUT2D eigenvalue weighted by Gasteiger charge is 2.66. The number of nitrogens with two attached hydrogens (primary N) is 1. The largest absolute Gasteiger partial charge is 0.384 e. The van der Waals surface area contributed by atoms with Crippen LogP contribution in [-0.2, 0) is 7.05 Å². The fourth-order valence-corrected chi connectivity index (χ4v) is 5.10. The summed E-state index contributed by atoms with van der Waals surface area (Å²) in [4.78, 5) is 0. The van der Waals surface area contributed by atoms with Crippen LogP contribution in [0, 0.1) is 23.7 Å². The lowest BCUT2D eigenvalue weighted by molar-refractivity contribution is 0.456. The Morgan fingerprint density at radius 2 is 1.83 bits per heavy atom. The molecule has 0 radical (unpaired) electrons. The average Bonchev–Trinajstić information content (AvgIpc) is 2.64. The number of rotatable bonds is 2. The predicted octanol–water partition coefficient (Wildman–Crippen LogP) is 2.89. The summed E-state index contributed by atoms with van der Waals surface area (Å²) in [5, 5.41) is 4.76. The van der Waals surface area contributed by atoms with E-state index in [0.29, 0.717) is 5.92 Å². The summed E-state index contributed by atoms with van der Waals surface area (Å²) >= 11 is 0. The zero-order valence-electron chi connectivity index (χ0n) is 11.6. The summed E-state index contributed by atoms with van der Waals surface area (Å²) in [7, 11) is 1.98. The molecule has 0 aliphatic heterocycles. The van der Waals surface area contributed by atoms with Crippen LogP contribution >= 0.6 is 0 Å². The van der Waals surface area contributed by atoms with Gasteiger partial charge in [-0.3, -0.25) is 4.68 Å². The van der Waals surface area contributed by atoms with Crippen molar-refractivity contribution in [3.05, 3.63) is 11.3 Å². The maximum Gasteiger partial charge on any atom is 0.125 e. The Balaban J connectivity index is 1.73. The van der Waals surface area contributed by atoms with Gasteiger partial charge in [-0.2, -0.15) is 5.10 Å². The number of hydrogen-bond donors (Lipinski definition) is 1. The van der Waals surface area contributed by atoms with Gasteiger partial charge in [0.25, 0.3) is 0 Å². The zero-order chi connectivity index (χ0) is 12.6. The Kier molecular flexibility index (Phi) is 2.00. The quantitative estimate of drug-likeness (QED) is 0.870. The molecule has 4 atom stereocenters. The summed E-state index contributed by atoms with van der Waals surface area (Å²) in [6.07, 6.45) is 4.45. The van der Waals surface area contributed by atoms with Gasteiger partial charge in [0.05, 0.1) is 5.69 Å². The molecular weight excluding hydrogens is 222 g/mol. The van der Waals surface area contributed by atoms with Gasteiger partial charge in [0.1, 0.15) is 5.82 Å². The van der Waals surface area contributed by atoms with Crippen LogP contribution in [-0.4, -0.2) is 9.78 Å². The average molecular weight is 245 g/mol. The lowest BCUT2D eigenvalue weighted by atomic mass is 9.94. The summed E-state index contributed by atoms with van der Waals surface area (Å²) < 4.78 is 1.89. The van der Waals surface area contributed by atoms with Crippen LogP contribution in [0.1, 0.15) is 56.2 Å². The molecule has 3 nitrogen and oxygen atoms in total. The Labute approximate surface area is 109 Å². The topological polar surface area (TPSA) is 43.8 Å². The first kappa shape index (κ1) is 10.9. The van der Waals surface area contributed by atoms with E-state index in [4.69, 9.17) is 10.8 Å². The fraction of sp³-hybridized carbons (Fsp3) is 0.800. The van der Waals surface area contributed by atoms with Crippen molar-refractivity contribution in [2.45, 2.75) is 44.9 Å². The van der Waals surface area contributed by atoms with Crippen LogP contribution in [0.25, 0.3) is 0 Å². The Morgan fingerprint density at radius 1 is 1.22 bits per heavy atom. The molecule has 0 spiro atoms. The van der Waals surface area contributed by atoms with Gasteiger partial charge in [0, 0.05) is 18.5 Å². The van der Waals surface area contributed by atoms with Crippen molar-refractivity contribution >= 4 is 5.82 Å². The van der Waals surface area contributed by atoms with Crippen LogP contribution < -0.4 is 5.73 Å². The zero-order valence-corrected chi connectivity index (χ0v) is 11.6. The van der Waals surface area contributed by atoms with Gasteiger partial charge < -0.3 is 5.73 Å². The molecule has 98 valence electrons. The van der Waals surface area contributed by atoms with Crippen molar-refractivity contribution in [3.63, 3.8) is 0 Å². The minimum absolute atomic E-state index is 0.493. The smallest absolute Gasteiger partial charge is 0.125 e. The van der Waals surface area contributed by atoms with Gasteiger partial charge in [-0.15, -0.1) is 0 Å². The van der Waals surface area contributed by atoms with Crippen molar-refractivity contribution in [1.82, 2.24) is 9.78 Å². The van der Waals surface area contributed by atoms with Gasteiger partial charge in [0.2, 0.25) is 0 Å². The van der Waals surface area contributed by atoms with Gasteiger partial charge in [-0.05, 0) is 48.9 Å². The first-order chi connectivity index (χ1) is 8.59. The van der Waals surface area contributed by atoms with Crippen molar-refractivity contribution < 1.29 is 0 Å². The molecule has 2 N–H and O–H groups in total. The molecule has 0 aromatic carbocycles. The minimum atomic E-state index is 0.493. The van der Waals surface area contributed by atoms with E-state index < -0.39 is 0 Å². The van der Waals surface area contributed by atoms with E-state index in [2.05, 4.69) is 13.8 Å². The summed E-state index contributed by atoms with van der Waals surface area (Å²) in [6.45, 7) is 4.48. The van der Waals surface area contributed by atoms with E-state index in [-0.39, 0.29) is 0 Å². The van der Waals surface area contributed by atoms with Gasteiger partial charge in [0.15, 0.2) is 0 Å². The summed E-state index contributed by atoms with van der Waals surface area (Å²) in [6, 6.07) is 0. The highest BCUT2D eigenvalue weighted by atomic mass is 15.3. The molecule has 18 heavy (non-hydrogen) atoms. The van der Waals surface area contributed by atoms with Crippen LogP contribution in [0.5, 0.6) is 0 Å². The van der Waals surface area contributed by atoms with E-state index in [9.17, 15) is 0 Å². The van der Waals surface area contributed by atoms with Crippen LogP contribution in [0.4, 0.5) is 5.82 Å². The number of nitrogens with zero attached hydrogens (tertiary/aromatic N) is 2. The second-order valence-electron chi connectivity index (χ2n) is 6.98. The fourth-order valence-electron chi connectivity index (χ4n) is 5.10. The Hall–Kier alpha value is -0.990. The maximum absolute atomic E-state index is 6.21. The third kappa shape index (κ3) is 1.18. The molecule has 3 heteroatoms. The Bertz CT molecular complexity index is 486. The third-order valence-corrected chi connectivity index (χ3v) is 5.79. The lowest BCUT2D eigenvalue weighted by Crippen LogP contribution is -2.02. The molecule has 1 heterocycles. The SMILES string of the molecule is CC(C)c1c(C2C3C4CCC(C4)C23)nn(C)c1N. The van der Waals surface area contributed by atoms with Crippen LogP contribution in [0.15, 0.2) is 0 Å². The second kappa shape index (κ2) is 3.31. The standard InChI is InChI=1S/C15H23N3/c1-7(2)10-14(17-18(3)15(10)16)13-11-8-4-5-9(6-8)12(11)13/h7-9,11-13H,4-6,16H2,1-3H3. The van der Waals surface area contributed by atoms with E-state index in [0.717, 1.165) is 35.4 Å². The monoisotopic (exact) mass is 245 g/mol. The number of aryl methyl sites for hydroxylation is 1. The molecule has 3 saturated carbocycles. The number of fused-ring (bicyclic) bond motifs is 5. The van der Waals surface area contributed by atoms with Crippen LogP contribution in [0.2, 0.25) is 0 Å². The molecule has 2 bridgehead atoms. The first-order valence-corrected chi connectivity index (χ1v) is 7.41. The highest BCUT2D eigenvalue weighted by Crippen LogP contribution is 2.73. The highest BCUT2D eigenvalue weighted by molar-refractivity contribution is 5.49. The molecule has 1 aromatic heterocycles. The molecule has 0 amide bonds. The number of nitrogen functional groups attached to an aromatic ring is 1. The lowest BCUT2D eigenvalue weighted by Gasteiger charge is -2.10. The van der Waals surface area contributed by atoms with Crippen molar-refractivity contribution in [1.29, 1.82) is 0 Å². The minimum Gasteiger partial charge on any atom is -0.384 e. The third-order valence-electron chi connectivity index (χ3n) is 5.79. The number of hydrogen-bond acceptors (Lipinski definition) is 2. The Morgan fingerprint density at radius 3 is 2.39 bits per heavy atom. The summed E-state index contributed by atoms with van der Waals surface area (Å²) in [5.74, 6) is 6.05. The molecule has 4 unspecified atom stereocenters. The molecule has 3 aliphatic carbocycles. The molecule has 1 aromatic rings. The van der Waals surface area contributed by atoms with Crippen molar-refractivity contribution in [2.24, 2.45) is 30.7 Å². The van der Waals surface area contributed by atoms with E-state index >= 15 is 0 Å². The van der Waals surface area contributed by atoms with Crippen molar-refractivity contribution in [2.75, 3.05) is 5.73 Å². The molecule has 0 saturated heterocycles. The van der Waals surface area contributed by atoms with Gasteiger partial charge in [-0.1, -0.05) is 13.8 Å². The number of aromatic nitrogens is 2. The normalized spacial score (nSPS) is 40.6. The van der Waals surface area contributed by atoms with E-state index in [1.165, 1.54) is 30.5 Å². The van der Waals surface area contributed by atoms with Gasteiger partial charge >= 0.3 is 0 Å². The molecule has 3 aliphatic rings. The van der Waals surface area contributed by atoms with E-state index in [1.807, 2.05) is 11.7 Å². The predicted molar refractivity (Wildman–Crippen MR) is 72.3 cm³/mol. The number of anilines is 1. The maximum atomic E-state index is 6.21. The molecule has 4 rings (SSSR count). The van der Waals surface area contributed by atoms with Gasteiger partial charge in [-0.25, -0.2) is 0 Å². The second-order valence-corrected chi connectivity index (χ2v) is 6.98. The first-order valence-electron chi connectivity index (χ1n) is 7.41. The molecular formula is C15H23N3. The van der Waals surface area contributed by atoms with E-state index in [1.54, 1.807) is 0 Å².